The summed E-state index contributed by atoms with van der Waals surface area (Å²) in [4.78, 5) is 28.4. The van der Waals surface area contributed by atoms with E-state index in [0.717, 1.165) is 18.4 Å². The average molecular weight is 329 g/mol. The Labute approximate surface area is 139 Å². The molecule has 118 valence electrons. The molecule has 0 bridgehead atoms. The van der Waals surface area contributed by atoms with Crippen molar-refractivity contribution < 1.29 is 9.59 Å². The molecule has 1 aliphatic carbocycles. The minimum atomic E-state index is -0.274. The topological polar surface area (TPSA) is 59.1 Å². The van der Waals surface area contributed by atoms with Gasteiger partial charge in [-0.05, 0) is 49.4 Å². The number of ketones is 1. The van der Waals surface area contributed by atoms with E-state index in [4.69, 9.17) is 11.6 Å². The molecule has 0 atom stereocenters. The van der Waals surface area contributed by atoms with Gasteiger partial charge >= 0.3 is 0 Å². The summed E-state index contributed by atoms with van der Waals surface area (Å²) in [6.07, 6.45) is 4.31. The van der Waals surface area contributed by atoms with Crippen LogP contribution in [0.4, 0.5) is 5.69 Å². The molecular formula is C18H17ClN2O2. The molecule has 0 spiro atoms. The number of nitrogens with one attached hydrogen (secondary N) is 1. The second-order valence-electron chi connectivity index (χ2n) is 5.92. The van der Waals surface area contributed by atoms with Crippen molar-refractivity contribution in [3.63, 3.8) is 0 Å². The van der Waals surface area contributed by atoms with Crippen LogP contribution in [0.3, 0.4) is 0 Å². The largest absolute Gasteiger partial charge is 0.322 e. The van der Waals surface area contributed by atoms with Gasteiger partial charge in [0.2, 0.25) is 0 Å². The van der Waals surface area contributed by atoms with Crippen LogP contribution in [-0.4, -0.2) is 16.7 Å². The van der Waals surface area contributed by atoms with E-state index < -0.39 is 0 Å². The van der Waals surface area contributed by atoms with Crippen LogP contribution in [0.2, 0.25) is 5.15 Å². The van der Waals surface area contributed by atoms with Gasteiger partial charge in [0, 0.05) is 23.9 Å². The van der Waals surface area contributed by atoms with E-state index in [2.05, 4.69) is 10.3 Å². The van der Waals surface area contributed by atoms with Crippen molar-refractivity contribution in [3.05, 3.63) is 58.4 Å². The molecule has 1 N–H and O–H groups in total. The number of carbonyl (C=O) groups excluding carboxylic acids is 2. The SMILES string of the molecule is Cc1ccc(C(=O)CC2CC2)cc1NC(=O)c1ccc(Cl)nc1. The lowest BCUT2D eigenvalue weighted by Crippen LogP contribution is -2.13. The Morgan fingerprint density at radius 1 is 1.22 bits per heavy atom. The number of pyridine rings is 1. The van der Waals surface area contributed by atoms with Gasteiger partial charge in [0.15, 0.2) is 5.78 Å². The van der Waals surface area contributed by atoms with Crippen LogP contribution in [0.1, 0.15) is 45.5 Å². The summed E-state index contributed by atoms with van der Waals surface area (Å²) >= 11 is 5.72. The molecule has 0 unspecified atom stereocenters. The molecule has 23 heavy (non-hydrogen) atoms. The third-order valence-corrected chi connectivity index (χ3v) is 4.19. The van der Waals surface area contributed by atoms with E-state index in [1.165, 1.54) is 6.20 Å². The molecule has 1 aromatic carbocycles. The number of Topliss-reactive ketones (excluding diaryl/α,β-unsaturated/α-hetero) is 1. The Kier molecular flexibility index (Phi) is 4.44. The molecule has 5 heteroatoms. The maximum atomic E-state index is 12.3. The van der Waals surface area contributed by atoms with Gasteiger partial charge in [-0.15, -0.1) is 0 Å². The number of benzene rings is 1. The monoisotopic (exact) mass is 328 g/mol. The normalized spacial score (nSPS) is 13.7. The highest BCUT2D eigenvalue weighted by molar-refractivity contribution is 6.29. The Balaban J connectivity index is 1.77. The molecule has 1 aromatic heterocycles. The third-order valence-electron chi connectivity index (χ3n) is 3.97. The van der Waals surface area contributed by atoms with E-state index in [1.807, 2.05) is 19.1 Å². The Morgan fingerprint density at radius 3 is 2.61 bits per heavy atom. The average Bonchev–Trinajstić information content (AvgIpc) is 3.34. The third kappa shape index (κ3) is 3.96. The fraction of sp³-hybridized carbons (Fsp3) is 0.278. The first kappa shape index (κ1) is 15.7. The zero-order valence-electron chi connectivity index (χ0n) is 12.8. The molecule has 1 fully saturated rings. The molecule has 1 heterocycles. The first-order valence-corrected chi connectivity index (χ1v) is 7.97. The first-order chi connectivity index (χ1) is 11.0. The van der Waals surface area contributed by atoms with Crippen molar-refractivity contribution in [1.29, 1.82) is 0 Å². The van der Waals surface area contributed by atoms with Crippen molar-refractivity contribution in [1.82, 2.24) is 4.98 Å². The van der Waals surface area contributed by atoms with E-state index in [-0.39, 0.29) is 11.7 Å². The minimum Gasteiger partial charge on any atom is -0.322 e. The number of aryl methyl sites for hydroxylation is 1. The van der Waals surface area contributed by atoms with Crippen LogP contribution in [0.5, 0.6) is 0 Å². The van der Waals surface area contributed by atoms with Gasteiger partial charge in [0.05, 0.1) is 5.56 Å². The summed E-state index contributed by atoms with van der Waals surface area (Å²) in [7, 11) is 0. The fourth-order valence-electron chi connectivity index (χ4n) is 2.34. The summed E-state index contributed by atoms with van der Waals surface area (Å²) < 4.78 is 0. The number of aromatic nitrogens is 1. The Morgan fingerprint density at radius 2 is 1.96 bits per heavy atom. The van der Waals surface area contributed by atoms with Gasteiger partial charge in [-0.2, -0.15) is 0 Å². The van der Waals surface area contributed by atoms with Gasteiger partial charge in [-0.3, -0.25) is 9.59 Å². The van der Waals surface area contributed by atoms with Crippen LogP contribution in [0, 0.1) is 12.8 Å². The summed E-state index contributed by atoms with van der Waals surface area (Å²) in [5.74, 6) is 0.405. The molecule has 1 amide bonds. The number of nitrogens with zero attached hydrogens (tertiary/aromatic N) is 1. The zero-order chi connectivity index (χ0) is 16.4. The standard InChI is InChI=1S/C18H17ClN2O2/c1-11-2-5-13(16(22)8-12-3-4-12)9-15(11)21-18(23)14-6-7-17(19)20-10-14/h2,5-7,9-10,12H,3-4,8H2,1H3,(H,21,23). The highest BCUT2D eigenvalue weighted by Gasteiger charge is 2.25. The minimum absolute atomic E-state index is 0.135. The Hall–Kier alpha value is -2.20. The number of hydrogen-bond donors (Lipinski definition) is 1. The first-order valence-electron chi connectivity index (χ1n) is 7.59. The highest BCUT2D eigenvalue weighted by atomic mass is 35.5. The van der Waals surface area contributed by atoms with E-state index in [0.29, 0.717) is 34.3 Å². The number of halogens is 1. The van der Waals surface area contributed by atoms with Gasteiger partial charge in [0.25, 0.3) is 5.91 Å². The van der Waals surface area contributed by atoms with Crippen molar-refractivity contribution >= 4 is 29.0 Å². The summed E-state index contributed by atoms with van der Waals surface area (Å²) in [6, 6.07) is 8.61. The lowest BCUT2D eigenvalue weighted by Gasteiger charge is -2.10. The molecule has 4 nitrogen and oxygen atoms in total. The van der Waals surface area contributed by atoms with Crippen LogP contribution < -0.4 is 5.32 Å². The van der Waals surface area contributed by atoms with Crippen LogP contribution >= 0.6 is 11.6 Å². The molecule has 0 saturated heterocycles. The van der Waals surface area contributed by atoms with Gasteiger partial charge < -0.3 is 5.32 Å². The molecule has 1 aliphatic rings. The summed E-state index contributed by atoms with van der Waals surface area (Å²) in [5.41, 5.74) is 2.62. The van der Waals surface area contributed by atoms with E-state index in [9.17, 15) is 9.59 Å². The van der Waals surface area contributed by atoms with Gasteiger partial charge in [-0.1, -0.05) is 23.7 Å². The number of hydrogen-bond acceptors (Lipinski definition) is 3. The summed E-state index contributed by atoms with van der Waals surface area (Å²) in [5, 5.41) is 3.17. The van der Waals surface area contributed by atoms with Gasteiger partial charge in [0.1, 0.15) is 5.15 Å². The fourth-order valence-corrected chi connectivity index (χ4v) is 2.45. The predicted octanol–water partition coefficient (Wildman–Crippen LogP) is 4.28. The van der Waals surface area contributed by atoms with Crippen molar-refractivity contribution in [2.45, 2.75) is 26.2 Å². The predicted molar refractivity (Wildman–Crippen MR) is 90.1 cm³/mol. The molecule has 0 aliphatic heterocycles. The molecule has 3 rings (SSSR count). The highest BCUT2D eigenvalue weighted by Crippen LogP contribution is 2.33. The lowest BCUT2D eigenvalue weighted by molar-refractivity contribution is 0.0974. The molecule has 0 radical (unpaired) electrons. The Bertz CT molecular complexity index is 752. The zero-order valence-corrected chi connectivity index (χ0v) is 13.6. The van der Waals surface area contributed by atoms with Crippen molar-refractivity contribution in [2.75, 3.05) is 5.32 Å². The van der Waals surface area contributed by atoms with Gasteiger partial charge in [-0.25, -0.2) is 4.98 Å². The van der Waals surface area contributed by atoms with E-state index >= 15 is 0 Å². The second-order valence-corrected chi connectivity index (χ2v) is 6.31. The molecular weight excluding hydrogens is 312 g/mol. The quantitative estimate of drug-likeness (QED) is 0.658. The van der Waals surface area contributed by atoms with Crippen LogP contribution in [0.25, 0.3) is 0 Å². The smallest absolute Gasteiger partial charge is 0.257 e. The maximum Gasteiger partial charge on any atom is 0.257 e. The number of carbonyl (C=O) groups is 2. The molecule has 2 aromatic rings. The number of anilines is 1. The van der Waals surface area contributed by atoms with Crippen molar-refractivity contribution in [3.8, 4) is 0 Å². The maximum absolute atomic E-state index is 12.3. The van der Waals surface area contributed by atoms with Crippen LogP contribution in [0.15, 0.2) is 36.5 Å². The molecule has 1 saturated carbocycles. The lowest BCUT2D eigenvalue weighted by atomic mass is 10.0. The van der Waals surface area contributed by atoms with E-state index in [1.54, 1.807) is 18.2 Å². The number of amides is 1. The second kappa shape index (κ2) is 6.50. The van der Waals surface area contributed by atoms with Crippen molar-refractivity contribution in [2.24, 2.45) is 5.92 Å². The summed E-state index contributed by atoms with van der Waals surface area (Å²) in [6.45, 7) is 1.89. The van der Waals surface area contributed by atoms with Crippen LogP contribution in [-0.2, 0) is 0 Å². The number of rotatable bonds is 5.